The second kappa shape index (κ2) is 10.9. The Morgan fingerprint density at radius 1 is 1.17 bits per heavy atom. The number of aliphatic imine (C=N–C) groups is 1. The Morgan fingerprint density at radius 3 is 2.60 bits per heavy atom. The van der Waals surface area contributed by atoms with Crippen molar-refractivity contribution in [1.29, 1.82) is 0 Å². The van der Waals surface area contributed by atoms with Crippen LogP contribution in [0.15, 0.2) is 84.1 Å². The maximum absolute atomic E-state index is 11.0. The van der Waals surface area contributed by atoms with Crippen LogP contribution in [0, 0.1) is 0 Å². The number of nitrogens with zero attached hydrogens (tertiary/aromatic N) is 2. The minimum absolute atomic E-state index is 0.0878. The van der Waals surface area contributed by atoms with Gasteiger partial charge in [-0.05, 0) is 68.4 Å². The predicted molar refractivity (Wildman–Crippen MR) is 122 cm³/mol. The van der Waals surface area contributed by atoms with Gasteiger partial charge in [0.05, 0.1) is 6.04 Å². The summed E-state index contributed by atoms with van der Waals surface area (Å²) in [6.45, 7) is 7.17. The summed E-state index contributed by atoms with van der Waals surface area (Å²) in [7, 11) is 0. The lowest BCUT2D eigenvalue weighted by molar-refractivity contribution is -0.119. The number of likely N-dealkylation sites (tertiary alicyclic amines) is 1. The Kier molecular flexibility index (Phi) is 7.66. The largest absolute Gasteiger partial charge is 0.457 e. The number of hydrogen-bond donors (Lipinski definition) is 2. The van der Waals surface area contributed by atoms with Crippen molar-refractivity contribution in [3.8, 4) is 11.5 Å². The van der Waals surface area contributed by atoms with Crippen LogP contribution >= 0.6 is 0 Å². The van der Waals surface area contributed by atoms with Crippen molar-refractivity contribution < 1.29 is 9.53 Å². The average molecular weight is 405 g/mol. The number of carbonyl (C=O) groups is 1. The molecular formula is C24H28N4O2. The molecule has 2 aromatic carbocycles. The van der Waals surface area contributed by atoms with Crippen LogP contribution in [-0.4, -0.2) is 36.3 Å². The zero-order valence-corrected chi connectivity index (χ0v) is 17.3. The normalized spacial score (nSPS) is 17.2. The highest BCUT2D eigenvalue weighted by Gasteiger charge is 2.18. The van der Waals surface area contributed by atoms with Crippen LogP contribution in [0.2, 0.25) is 0 Å². The summed E-state index contributed by atoms with van der Waals surface area (Å²) >= 11 is 0. The number of amides is 1. The molecule has 3 rings (SSSR count). The maximum atomic E-state index is 11.0. The molecule has 156 valence electrons. The molecule has 1 amide bonds. The molecular weight excluding hydrogens is 376 g/mol. The van der Waals surface area contributed by atoms with Crippen molar-refractivity contribution in [3.63, 3.8) is 0 Å². The fraction of sp³-hybridized carbons (Fsp3) is 0.250. The number of anilines is 1. The molecule has 1 aliphatic heterocycles. The third-order valence-electron chi connectivity index (χ3n) is 4.68. The molecule has 0 bridgehead atoms. The fourth-order valence-electron chi connectivity index (χ4n) is 3.30. The Bertz CT molecular complexity index is 891. The van der Waals surface area contributed by atoms with Gasteiger partial charge < -0.3 is 20.3 Å². The molecule has 1 atom stereocenters. The Labute approximate surface area is 178 Å². The summed E-state index contributed by atoms with van der Waals surface area (Å²) < 4.78 is 5.83. The Morgan fingerprint density at radius 2 is 1.90 bits per heavy atom. The molecule has 1 heterocycles. The number of rotatable bonds is 8. The van der Waals surface area contributed by atoms with Crippen molar-refractivity contribution in [2.45, 2.75) is 25.8 Å². The molecule has 1 saturated heterocycles. The van der Waals surface area contributed by atoms with Crippen LogP contribution in [-0.2, 0) is 4.79 Å². The van der Waals surface area contributed by atoms with Crippen LogP contribution in [0.1, 0.15) is 19.8 Å². The Hall–Kier alpha value is -3.54. The molecule has 2 aromatic rings. The lowest BCUT2D eigenvalue weighted by atomic mass is 10.1. The Balaban J connectivity index is 1.63. The zero-order chi connectivity index (χ0) is 21.2. The fourth-order valence-corrected chi connectivity index (χ4v) is 3.30. The van der Waals surface area contributed by atoms with Gasteiger partial charge in [0.1, 0.15) is 17.3 Å². The van der Waals surface area contributed by atoms with Crippen LogP contribution in [0.5, 0.6) is 11.5 Å². The summed E-state index contributed by atoms with van der Waals surface area (Å²) in [5.41, 5.74) is 1.88. The first kappa shape index (κ1) is 21.2. The van der Waals surface area contributed by atoms with E-state index in [1.807, 2.05) is 67.6 Å². The van der Waals surface area contributed by atoms with E-state index >= 15 is 0 Å². The molecule has 30 heavy (non-hydrogen) atoms. The molecule has 1 fully saturated rings. The van der Waals surface area contributed by atoms with Crippen LogP contribution in [0.25, 0.3) is 0 Å². The standard InChI is InChI=1S/C24H28N4O2/c1-3-25-24(27-21-8-7-15-28(17-21)18-29)16-19(2)26-20-11-13-23(14-12-20)30-22-9-5-4-6-10-22/h3-6,9-14,16,18,21,26H,1,7-8,15,17H2,2H3,(H,25,27)/b19-16+. The molecule has 6 nitrogen and oxygen atoms in total. The molecule has 0 radical (unpaired) electrons. The van der Waals surface area contributed by atoms with Gasteiger partial charge in [0.2, 0.25) is 6.41 Å². The van der Waals surface area contributed by atoms with Crippen molar-refractivity contribution in [1.82, 2.24) is 10.2 Å². The van der Waals surface area contributed by atoms with Gasteiger partial charge in [-0.25, -0.2) is 0 Å². The lowest BCUT2D eigenvalue weighted by Gasteiger charge is -2.27. The van der Waals surface area contributed by atoms with Gasteiger partial charge in [0, 0.05) is 24.5 Å². The summed E-state index contributed by atoms with van der Waals surface area (Å²) in [4.78, 5) is 17.6. The van der Waals surface area contributed by atoms with E-state index in [-0.39, 0.29) is 6.04 Å². The number of nitrogens with one attached hydrogen (secondary N) is 2. The van der Waals surface area contributed by atoms with Crippen LogP contribution < -0.4 is 15.4 Å². The van der Waals surface area contributed by atoms with E-state index in [1.165, 1.54) is 0 Å². The number of para-hydroxylation sites is 1. The van der Waals surface area contributed by atoms with Gasteiger partial charge in [-0.3, -0.25) is 9.79 Å². The summed E-state index contributed by atoms with van der Waals surface area (Å²) in [5, 5.41) is 6.45. The molecule has 0 aliphatic carbocycles. The lowest BCUT2D eigenvalue weighted by Crippen LogP contribution is -2.37. The minimum Gasteiger partial charge on any atom is -0.457 e. The van der Waals surface area contributed by atoms with Crippen molar-refractivity contribution in [2.75, 3.05) is 18.4 Å². The molecule has 0 aromatic heterocycles. The third-order valence-corrected chi connectivity index (χ3v) is 4.68. The van der Waals surface area contributed by atoms with Gasteiger partial charge in [-0.1, -0.05) is 24.8 Å². The predicted octanol–water partition coefficient (Wildman–Crippen LogP) is 4.55. The van der Waals surface area contributed by atoms with E-state index in [2.05, 4.69) is 17.2 Å². The van der Waals surface area contributed by atoms with E-state index in [4.69, 9.17) is 9.73 Å². The molecule has 2 N–H and O–H groups in total. The van der Waals surface area contributed by atoms with Gasteiger partial charge in [0.25, 0.3) is 0 Å². The maximum Gasteiger partial charge on any atom is 0.209 e. The van der Waals surface area contributed by atoms with Crippen molar-refractivity contribution in [3.05, 3.63) is 79.1 Å². The topological polar surface area (TPSA) is 66.0 Å². The number of ether oxygens (including phenoxy) is 1. The smallest absolute Gasteiger partial charge is 0.209 e. The SMILES string of the molecule is C=CNC(/C=C(\C)Nc1ccc(Oc2ccccc2)cc1)=NC1CCCN(C=O)C1. The number of allylic oxidation sites excluding steroid dienone is 1. The first-order chi connectivity index (χ1) is 14.7. The summed E-state index contributed by atoms with van der Waals surface area (Å²) in [6.07, 6.45) is 6.38. The van der Waals surface area contributed by atoms with Crippen molar-refractivity contribution in [2.24, 2.45) is 4.99 Å². The summed E-state index contributed by atoms with van der Waals surface area (Å²) in [5.74, 6) is 2.30. The van der Waals surface area contributed by atoms with Gasteiger partial charge in [-0.15, -0.1) is 0 Å². The number of amidine groups is 1. The van der Waals surface area contributed by atoms with Gasteiger partial charge in [-0.2, -0.15) is 0 Å². The van der Waals surface area contributed by atoms with Crippen molar-refractivity contribution >= 4 is 17.9 Å². The number of benzene rings is 2. The minimum atomic E-state index is 0.0878. The second-order valence-corrected chi connectivity index (χ2v) is 7.15. The van der Waals surface area contributed by atoms with E-state index in [0.29, 0.717) is 6.54 Å². The highest BCUT2D eigenvalue weighted by atomic mass is 16.5. The number of carbonyl (C=O) groups excluding carboxylic acids is 1. The molecule has 1 unspecified atom stereocenters. The van der Waals surface area contributed by atoms with E-state index in [1.54, 1.807) is 11.1 Å². The molecule has 1 aliphatic rings. The third kappa shape index (κ3) is 6.51. The van der Waals surface area contributed by atoms with Crippen LogP contribution in [0.3, 0.4) is 0 Å². The number of piperidine rings is 1. The molecule has 0 spiro atoms. The zero-order valence-electron chi connectivity index (χ0n) is 17.3. The van der Waals surface area contributed by atoms with E-state index in [0.717, 1.165) is 54.5 Å². The average Bonchev–Trinajstić information content (AvgIpc) is 2.76. The van der Waals surface area contributed by atoms with E-state index in [9.17, 15) is 4.79 Å². The highest BCUT2D eigenvalue weighted by molar-refractivity contribution is 5.94. The highest BCUT2D eigenvalue weighted by Crippen LogP contribution is 2.23. The van der Waals surface area contributed by atoms with E-state index < -0.39 is 0 Å². The van der Waals surface area contributed by atoms with Gasteiger partial charge in [0.15, 0.2) is 0 Å². The quantitative estimate of drug-likeness (QED) is 0.385. The number of hydrogen-bond acceptors (Lipinski definition) is 4. The van der Waals surface area contributed by atoms with Crippen LogP contribution in [0.4, 0.5) is 5.69 Å². The second-order valence-electron chi connectivity index (χ2n) is 7.15. The molecule has 0 saturated carbocycles. The monoisotopic (exact) mass is 404 g/mol. The molecule has 6 heteroatoms. The van der Waals surface area contributed by atoms with Gasteiger partial charge >= 0.3 is 0 Å². The summed E-state index contributed by atoms with van der Waals surface area (Å²) in [6, 6.07) is 17.6. The first-order valence-electron chi connectivity index (χ1n) is 10.1. The first-order valence-corrected chi connectivity index (χ1v) is 10.1.